The highest BCUT2D eigenvalue weighted by atomic mass is 15.0. The number of nitriles is 1. The van der Waals surface area contributed by atoms with Crippen LogP contribution in [0.2, 0.25) is 0 Å². The molecule has 16 heavy (non-hydrogen) atoms. The third-order valence-electron chi connectivity index (χ3n) is 4.08. The Kier molecular flexibility index (Phi) is 4.80. The van der Waals surface area contributed by atoms with E-state index in [9.17, 15) is 5.26 Å². The van der Waals surface area contributed by atoms with Gasteiger partial charge in [-0.3, -0.25) is 5.32 Å². The van der Waals surface area contributed by atoms with Crippen molar-refractivity contribution in [2.75, 3.05) is 0 Å². The molecule has 92 valence electrons. The van der Waals surface area contributed by atoms with Gasteiger partial charge in [-0.25, -0.2) is 0 Å². The average Bonchev–Trinajstić information content (AvgIpc) is 2.29. The molecule has 0 aliphatic heterocycles. The fraction of sp³-hybridized carbons (Fsp3) is 0.929. The molecule has 3 unspecified atom stereocenters. The summed E-state index contributed by atoms with van der Waals surface area (Å²) in [6.07, 6.45) is 5.64. The van der Waals surface area contributed by atoms with Crippen LogP contribution < -0.4 is 5.32 Å². The minimum Gasteiger partial charge on any atom is -0.297 e. The number of hydrogen-bond acceptors (Lipinski definition) is 2. The molecule has 2 nitrogen and oxygen atoms in total. The molecule has 3 atom stereocenters. The van der Waals surface area contributed by atoms with Crippen LogP contribution in [0.5, 0.6) is 0 Å². The van der Waals surface area contributed by atoms with Crippen molar-refractivity contribution in [3.05, 3.63) is 0 Å². The Morgan fingerprint density at radius 1 is 1.44 bits per heavy atom. The molecule has 0 aromatic heterocycles. The summed E-state index contributed by atoms with van der Waals surface area (Å²) in [6.45, 7) is 8.91. The number of hydrogen-bond donors (Lipinski definition) is 1. The minimum atomic E-state index is -0.247. The standard InChI is InChI=1S/C14H26N2/c1-5-12(4)16-14(10-15)8-6-7-13(9-14)11(2)3/h11-13,16H,5-9H2,1-4H3. The van der Waals surface area contributed by atoms with E-state index >= 15 is 0 Å². The van der Waals surface area contributed by atoms with E-state index in [1.54, 1.807) is 0 Å². The van der Waals surface area contributed by atoms with Gasteiger partial charge in [0.1, 0.15) is 5.54 Å². The van der Waals surface area contributed by atoms with E-state index in [-0.39, 0.29) is 5.54 Å². The first-order chi connectivity index (χ1) is 7.53. The van der Waals surface area contributed by atoms with Gasteiger partial charge in [0.15, 0.2) is 0 Å². The predicted molar refractivity (Wildman–Crippen MR) is 68.0 cm³/mol. The van der Waals surface area contributed by atoms with Crippen molar-refractivity contribution < 1.29 is 0 Å². The molecule has 1 aliphatic carbocycles. The normalized spacial score (nSPS) is 32.4. The molecular formula is C14H26N2. The molecule has 0 radical (unpaired) electrons. The average molecular weight is 222 g/mol. The molecule has 1 rings (SSSR count). The molecule has 0 amide bonds. The largest absolute Gasteiger partial charge is 0.297 e. The van der Waals surface area contributed by atoms with Gasteiger partial charge < -0.3 is 0 Å². The summed E-state index contributed by atoms with van der Waals surface area (Å²) in [7, 11) is 0. The zero-order valence-electron chi connectivity index (χ0n) is 11.2. The van der Waals surface area contributed by atoms with Crippen molar-refractivity contribution in [2.45, 2.75) is 71.4 Å². The second-order valence-corrected chi connectivity index (χ2v) is 5.75. The van der Waals surface area contributed by atoms with Gasteiger partial charge in [-0.2, -0.15) is 5.26 Å². The molecule has 1 saturated carbocycles. The van der Waals surface area contributed by atoms with Gasteiger partial charge in [0.25, 0.3) is 0 Å². The van der Waals surface area contributed by atoms with Crippen LogP contribution in [-0.4, -0.2) is 11.6 Å². The molecule has 0 bridgehead atoms. The predicted octanol–water partition coefficient (Wildman–Crippen LogP) is 3.48. The Balaban J connectivity index is 2.68. The Morgan fingerprint density at radius 3 is 2.62 bits per heavy atom. The quantitative estimate of drug-likeness (QED) is 0.790. The lowest BCUT2D eigenvalue weighted by Crippen LogP contribution is -2.51. The zero-order chi connectivity index (χ0) is 12.2. The first-order valence-electron chi connectivity index (χ1n) is 6.72. The van der Waals surface area contributed by atoms with Crippen LogP contribution in [-0.2, 0) is 0 Å². The van der Waals surface area contributed by atoms with Gasteiger partial charge in [-0.15, -0.1) is 0 Å². The summed E-state index contributed by atoms with van der Waals surface area (Å²) in [5.41, 5.74) is -0.247. The van der Waals surface area contributed by atoms with Crippen LogP contribution in [0.3, 0.4) is 0 Å². The van der Waals surface area contributed by atoms with E-state index in [0.717, 1.165) is 19.3 Å². The molecule has 1 aliphatic rings. The van der Waals surface area contributed by atoms with E-state index in [1.807, 2.05) is 0 Å². The molecule has 0 aromatic rings. The molecule has 2 heteroatoms. The van der Waals surface area contributed by atoms with E-state index in [1.165, 1.54) is 12.8 Å². The highest BCUT2D eigenvalue weighted by Gasteiger charge is 2.37. The summed E-state index contributed by atoms with van der Waals surface area (Å²) in [5, 5.41) is 13.0. The highest BCUT2D eigenvalue weighted by Crippen LogP contribution is 2.36. The summed E-state index contributed by atoms with van der Waals surface area (Å²) in [6, 6.07) is 3.01. The SMILES string of the molecule is CCC(C)NC1(C#N)CCCC(C(C)C)C1. The van der Waals surface area contributed by atoms with E-state index in [0.29, 0.717) is 17.9 Å². The Hall–Kier alpha value is -0.550. The van der Waals surface area contributed by atoms with Crippen LogP contribution in [0.15, 0.2) is 0 Å². The van der Waals surface area contributed by atoms with Crippen molar-refractivity contribution >= 4 is 0 Å². The second kappa shape index (κ2) is 5.68. The van der Waals surface area contributed by atoms with Crippen molar-refractivity contribution in [3.8, 4) is 6.07 Å². The minimum absolute atomic E-state index is 0.247. The molecule has 0 aromatic carbocycles. The number of nitrogens with zero attached hydrogens (tertiary/aromatic N) is 1. The van der Waals surface area contributed by atoms with Crippen LogP contribution >= 0.6 is 0 Å². The Labute approximate surface area is 100 Å². The zero-order valence-corrected chi connectivity index (χ0v) is 11.2. The summed E-state index contributed by atoms with van der Waals surface area (Å²) < 4.78 is 0. The number of rotatable bonds is 4. The van der Waals surface area contributed by atoms with Gasteiger partial charge in [-0.05, 0) is 44.4 Å². The van der Waals surface area contributed by atoms with Gasteiger partial charge in [0, 0.05) is 6.04 Å². The van der Waals surface area contributed by atoms with Crippen molar-refractivity contribution in [3.63, 3.8) is 0 Å². The molecule has 0 spiro atoms. The summed E-state index contributed by atoms with van der Waals surface area (Å²) in [4.78, 5) is 0. The van der Waals surface area contributed by atoms with E-state index < -0.39 is 0 Å². The van der Waals surface area contributed by atoms with Crippen LogP contribution in [0, 0.1) is 23.2 Å². The first kappa shape index (κ1) is 13.5. The summed E-state index contributed by atoms with van der Waals surface area (Å²) >= 11 is 0. The fourth-order valence-corrected chi connectivity index (χ4v) is 2.73. The number of nitrogens with one attached hydrogen (secondary N) is 1. The Morgan fingerprint density at radius 2 is 2.12 bits per heavy atom. The second-order valence-electron chi connectivity index (χ2n) is 5.75. The summed E-state index contributed by atoms with van der Waals surface area (Å²) in [5.74, 6) is 1.41. The lowest BCUT2D eigenvalue weighted by Gasteiger charge is -2.39. The van der Waals surface area contributed by atoms with Crippen molar-refractivity contribution in [1.29, 1.82) is 5.26 Å². The molecular weight excluding hydrogens is 196 g/mol. The topological polar surface area (TPSA) is 35.8 Å². The first-order valence-corrected chi connectivity index (χ1v) is 6.72. The maximum atomic E-state index is 9.47. The maximum Gasteiger partial charge on any atom is 0.107 e. The van der Waals surface area contributed by atoms with Crippen LogP contribution in [0.4, 0.5) is 0 Å². The fourth-order valence-electron chi connectivity index (χ4n) is 2.73. The van der Waals surface area contributed by atoms with Gasteiger partial charge in [0.05, 0.1) is 6.07 Å². The Bertz CT molecular complexity index is 254. The highest BCUT2D eigenvalue weighted by molar-refractivity contribution is 5.10. The lowest BCUT2D eigenvalue weighted by atomic mass is 9.72. The van der Waals surface area contributed by atoms with Gasteiger partial charge in [-0.1, -0.05) is 27.2 Å². The molecule has 1 N–H and O–H groups in total. The lowest BCUT2D eigenvalue weighted by molar-refractivity contribution is 0.177. The third kappa shape index (κ3) is 3.22. The van der Waals surface area contributed by atoms with E-state index in [2.05, 4.69) is 39.1 Å². The monoisotopic (exact) mass is 222 g/mol. The molecule has 0 heterocycles. The van der Waals surface area contributed by atoms with Gasteiger partial charge in [0.2, 0.25) is 0 Å². The van der Waals surface area contributed by atoms with Crippen molar-refractivity contribution in [1.82, 2.24) is 5.32 Å². The third-order valence-corrected chi connectivity index (χ3v) is 4.08. The van der Waals surface area contributed by atoms with E-state index in [4.69, 9.17) is 0 Å². The van der Waals surface area contributed by atoms with Crippen LogP contribution in [0.1, 0.15) is 59.8 Å². The maximum absolute atomic E-state index is 9.47. The smallest absolute Gasteiger partial charge is 0.107 e. The van der Waals surface area contributed by atoms with Crippen molar-refractivity contribution in [2.24, 2.45) is 11.8 Å². The van der Waals surface area contributed by atoms with Gasteiger partial charge >= 0.3 is 0 Å². The molecule has 1 fully saturated rings. The molecule has 0 saturated heterocycles. The van der Waals surface area contributed by atoms with Crippen LogP contribution in [0.25, 0.3) is 0 Å².